The van der Waals surface area contributed by atoms with Gasteiger partial charge < -0.3 is 28.3 Å². The molecule has 0 saturated carbocycles. The van der Waals surface area contributed by atoms with Crippen LogP contribution in [0.2, 0.25) is 5.82 Å². The predicted molar refractivity (Wildman–Crippen MR) is 87.0 cm³/mol. The second kappa shape index (κ2) is 5.36. The number of hydrogen-bond donors (Lipinski definition) is 0. The van der Waals surface area contributed by atoms with Gasteiger partial charge in [-0.15, -0.1) is 0 Å². The minimum atomic E-state index is -0.669. The van der Waals surface area contributed by atoms with E-state index in [9.17, 15) is 0 Å². The summed E-state index contributed by atoms with van der Waals surface area (Å²) in [6.07, 6.45) is -1.02. The molecule has 0 amide bonds. The van der Waals surface area contributed by atoms with Gasteiger partial charge in [0.2, 0.25) is 0 Å². The smallest absolute Gasteiger partial charge is 0.523 e. The van der Waals surface area contributed by atoms with Crippen molar-refractivity contribution in [3.63, 3.8) is 0 Å². The van der Waals surface area contributed by atoms with E-state index in [0.717, 1.165) is 11.5 Å². The molecule has 1 aromatic carbocycles. The van der Waals surface area contributed by atoms with Gasteiger partial charge in [-0.3, -0.25) is 0 Å². The minimum Gasteiger partial charge on any atom is -0.523 e. The first-order chi connectivity index (χ1) is 11.3. The molecule has 5 atom stereocenters. The van der Waals surface area contributed by atoms with Crippen LogP contribution in [0.15, 0.2) is 24.3 Å². The van der Waals surface area contributed by atoms with Gasteiger partial charge in [-0.2, -0.15) is 0 Å². The zero-order valence-electron chi connectivity index (χ0n) is 14.6. The maximum absolute atomic E-state index is 6.20. The number of benzene rings is 1. The van der Waals surface area contributed by atoms with Crippen LogP contribution >= 0.6 is 0 Å². The highest BCUT2D eigenvalue weighted by molar-refractivity contribution is 6.49. The summed E-state index contributed by atoms with van der Waals surface area (Å²) in [7, 11) is 1.17. The van der Waals surface area contributed by atoms with Crippen LogP contribution < -0.4 is 9.31 Å². The molecule has 3 unspecified atom stereocenters. The third-order valence-electron chi connectivity index (χ3n) is 5.21. The number of hydrogen-bond acceptors (Lipinski definition) is 6. The molecule has 0 bridgehead atoms. The van der Waals surface area contributed by atoms with Crippen LogP contribution in [-0.4, -0.2) is 44.1 Å². The Morgan fingerprint density at radius 3 is 2.25 bits per heavy atom. The molecule has 0 aromatic heterocycles. The summed E-state index contributed by atoms with van der Waals surface area (Å²) < 4.78 is 35.8. The maximum atomic E-state index is 6.20. The fraction of sp³-hybridized carbons (Fsp3) is 0.647. The summed E-state index contributed by atoms with van der Waals surface area (Å²) in [5.41, 5.74) is -0.661. The van der Waals surface area contributed by atoms with Crippen LogP contribution in [0.1, 0.15) is 27.7 Å². The lowest BCUT2D eigenvalue weighted by molar-refractivity contribution is -0.247. The third kappa shape index (κ3) is 2.34. The van der Waals surface area contributed by atoms with Crippen LogP contribution in [0.5, 0.6) is 11.5 Å². The molecule has 4 rings (SSSR count). The lowest BCUT2D eigenvalue weighted by atomic mass is 9.62. The average Bonchev–Trinajstić information content (AvgIpc) is 3.18. The van der Waals surface area contributed by atoms with Crippen LogP contribution in [-0.2, 0) is 18.9 Å². The Morgan fingerprint density at radius 2 is 1.67 bits per heavy atom. The normalized spacial score (nSPS) is 37.5. The van der Waals surface area contributed by atoms with Crippen LogP contribution in [0, 0.1) is 0 Å². The van der Waals surface area contributed by atoms with Gasteiger partial charge in [-0.1, -0.05) is 19.1 Å². The van der Waals surface area contributed by atoms with Crippen LogP contribution in [0.4, 0.5) is 0 Å². The lowest BCUT2D eigenvalue weighted by Crippen LogP contribution is -2.50. The SMILES string of the molecule is COC1O[C@@](C)([C@H](C)B2Oc3ccccc3O2)C2OC(C)(C)OC12. The largest absolute Gasteiger partial charge is 0.600 e. The number of rotatable bonds is 3. The molecule has 3 aliphatic rings. The van der Waals surface area contributed by atoms with Crippen molar-refractivity contribution < 1.29 is 28.3 Å². The van der Waals surface area contributed by atoms with Crippen LogP contribution in [0.3, 0.4) is 0 Å². The predicted octanol–water partition coefficient (Wildman–Crippen LogP) is 2.62. The van der Waals surface area contributed by atoms with Crippen molar-refractivity contribution in [2.75, 3.05) is 7.11 Å². The maximum Gasteiger partial charge on any atom is 0.600 e. The molecular formula is C17H23BO6. The van der Waals surface area contributed by atoms with E-state index in [1.165, 1.54) is 0 Å². The second-order valence-electron chi connectivity index (χ2n) is 7.27. The number of methoxy groups -OCH3 is 1. The van der Waals surface area contributed by atoms with Crippen molar-refractivity contribution in [2.45, 2.75) is 63.4 Å². The van der Waals surface area contributed by atoms with Crippen molar-refractivity contribution in [1.29, 1.82) is 0 Å². The molecule has 0 radical (unpaired) electrons. The molecule has 2 fully saturated rings. The van der Waals surface area contributed by atoms with E-state index >= 15 is 0 Å². The van der Waals surface area contributed by atoms with Gasteiger partial charge in [-0.25, -0.2) is 0 Å². The number of ether oxygens (including phenoxy) is 4. The summed E-state index contributed by atoms with van der Waals surface area (Å²) in [5, 5.41) is 0. The topological polar surface area (TPSA) is 55.4 Å². The summed E-state index contributed by atoms with van der Waals surface area (Å²) in [6.45, 7) is 7.86. The first-order valence-electron chi connectivity index (χ1n) is 8.33. The van der Waals surface area contributed by atoms with Gasteiger partial charge in [0.15, 0.2) is 12.1 Å². The molecule has 2 saturated heterocycles. The molecule has 0 aliphatic carbocycles. The fourth-order valence-corrected chi connectivity index (χ4v) is 3.76. The Bertz CT molecular complexity index is 612. The first-order valence-corrected chi connectivity index (χ1v) is 8.33. The summed E-state index contributed by atoms with van der Waals surface area (Å²) in [5.74, 6) is 0.728. The molecule has 24 heavy (non-hydrogen) atoms. The Labute approximate surface area is 142 Å². The summed E-state index contributed by atoms with van der Waals surface area (Å²) in [6, 6.07) is 7.66. The fourth-order valence-electron chi connectivity index (χ4n) is 3.76. The van der Waals surface area contributed by atoms with Gasteiger partial charge in [0.05, 0.1) is 5.82 Å². The average molecular weight is 334 g/mol. The zero-order valence-corrected chi connectivity index (χ0v) is 14.6. The molecule has 3 heterocycles. The summed E-state index contributed by atoms with van der Waals surface area (Å²) in [4.78, 5) is 0. The Kier molecular flexibility index (Phi) is 3.62. The molecule has 7 heteroatoms. The first kappa shape index (κ1) is 16.2. The Morgan fingerprint density at radius 1 is 1.04 bits per heavy atom. The van der Waals surface area contributed by atoms with Gasteiger partial charge in [0, 0.05) is 7.11 Å². The van der Waals surface area contributed by atoms with E-state index in [1.54, 1.807) is 7.11 Å². The number of fused-ring (bicyclic) bond motifs is 2. The molecular weight excluding hydrogens is 311 g/mol. The third-order valence-corrected chi connectivity index (χ3v) is 5.21. The molecule has 130 valence electrons. The standard InChI is InChI=1S/C17H23BO6/c1-10(18-23-11-8-6-7-9-12(11)24-18)17(4)14-13(15(19-5)22-17)20-16(2,3)21-14/h6-10,13-15H,1-5H3/t10-,13?,14?,15?,17-/m0/s1. The Balaban J connectivity index is 1.59. The highest BCUT2D eigenvalue weighted by Gasteiger charge is 2.66. The van der Waals surface area contributed by atoms with E-state index in [0.29, 0.717) is 0 Å². The molecule has 0 N–H and O–H groups in total. The van der Waals surface area contributed by atoms with Gasteiger partial charge in [-0.05, 0) is 32.9 Å². The number of para-hydroxylation sites is 2. The Hall–Kier alpha value is -1.28. The van der Waals surface area contributed by atoms with E-state index in [2.05, 4.69) is 0 Å². The van der Waals surface area contributed by atoms with Gasteiger partial charge >= 0.3 is 7.12 Å². The summed E-state index contributed by atoms with van der Waals surface area (Å²) >= 11 is 0. The highest BCUT2D eigenvalue weighted by atomic mass is 16.8. The monoisotopic (exact) mass is 334 g/mol. The minimum absolute atomic E-state index is 0.102. The van der Waals surface area contributed by atoms with Crippen molar-refractivity contribution in [1.82, 2.24) is 0 Å². The van der Waals surface area contributed by atoms with Crippen LogP contribution in [0.25, 0.3) is 0 Å². The lowest BCUT2D eigenvalue weighted by Gasteiger charge is -2.36. The second-order valence-corrected chi connectivity index (χ2v) is 7.27. The molecule has 6 nitrogen and oxygen atoms in total. The van der Waals surface area contributed by atoms with E-state index < -0.39 is 24.8 Å². The zero-order chi connectivity index (χ0) is 17.1. The molecule has 3 aliphatic heterocycles. The van der Waals surface area contributed by atoms with Gasteiger partial charge in [0.1, 0.15) is 29.3 Å². The van der Waals surface area contributed by atoms with Crippen molar-refractivity contribution in [2.24, 2.45) is 0 Å². The van der Waals surface area contributed by atoms with Crippen molar-refractivity contribution in [3.05, 3.63) is 24.3 Å². The highest BCUT2D eigenvalue weighted by Crippen LogP contribution is 2.51. The van der Waals surface area contributed by atoms with E-state index in [4.69, 9.17) is 28.3 Å². The van der Waals surface area contributed by atoms with Gasteiger partial charge in [0.25, 0.3) is 0 Å². The van der Waals surface area contributed by atoms with Crippen molar-refractivity contribution >= 4 is 7.12 Å². The molecule has 1 aromatic rings. The van der Waals surface area contributed by atoms with E-state index in [1.807, 2.05) is 52.0 Å². The molecule has 0 spiro atoms. The van der Waals surface area contributed by atoms with E-state index in [-0.39, 0.29) is 18.0 Å². The van der Waals surface area contributed by atoms with Crippen molar-refractivity contribution in [3.8, 4) is 11.5 Å². The quantitative estimate of drug-likeness (QED) is 0.792.